The molecule has 0 saturated heterocycles. The van der Waals surface area contributed by atoms with E-state index in [9.17, 15) is 4.79 Å². The quantitative estimate of drug-likeness (QED) is 0.485. The van der Waals surface area contributed by atoms with Crippen molar-refractivity contribution in [3.8, 4) is 11.4 Å². The number of hydrogen-bond donors (Lipinski definition) is 2. The Morgan fingerprint density at radius 3 is 2.69 bits per heavy atom. The zero-order valence-corrected chi connectivity index (χ0v) is 17.4. The van der Waals surface area contributed by atoms with Crippen molar-refractivity contribution in [3.05, 3.63) is 53.0 Å². The summed E-state index contributed by atoms with van der Waals surface area (Å²) in [5.74, 6) is 0.446. The minimum absolute atomic E-state index is 0.00845. The van der Waals surface area contributed by atoms with Crippen molar-refractivity contribution >= 4 is 43.9 Å². The zero-order chi connectivity index (χ0) is 20.1. The van der Waals surface area contributed by atoms with Gasteiger partial charge in [0.05, 0.1) is 22.6 Å². The van der Waals surface area contributed by atoms with Crippen LogP contribution in [0.1, 0.15) is 41.9 Å². The van der Waals surface area contributed by atoms with E-state index in [-0.39, 0.29) is 11.9 Å². The van der Waals surface area contributed by atoms with E-state index in [1.165, 1.54) is 16.9 Å². The smallest absolute Gasteiger partial charge is 0.263 e. The van der Waals surface area contributed by atoms with Gasteiger partial charge < -0.3 is 10.6 Å². The Balaban J connectivity index is 1.64. The molecule has 3 aromatic heterocycles. The molecule has 0 radical (unpaired) electrons. The number of carbonyl (C=O) groups is 1. The van der Waals surface area contributed by atoms with Gasteiger partial charge in [-0.3, -0.25) is 9.78 Å². The first-order valence-electron chi connectivity index (χ1n) is 9.88. The van der Waals surface area contributed by atoms with E-state index in [2.05, 4.69) is 47.7 Å². The second-order valence-corrected chi connectivity index (χ2v) is 8.95. The average molecular weight is 403 g/mol. The number of anilines is 1. The van der Waals surface area contributed by atoms with Gasteiger partial charge in [0.25, 0.3) is 5.91 Å². The van der Waals surface area contributed by atoms with E-state index < -0.39 is 0 Å². The lowest BCUT2D eigenvalue weighted by molar-refractivity contribution is 0.0949. The minimum Gasteiger partial charge on any atom is -0.381 e. The van der Waals surface area contributed by atoms with Crippen LogP contribution in [-0.4, -0.2) is 28.5 Å². The van der Waals surface area contributed by atoms with Gasteiger partial charge in [-0.05, 0) is 48.7 Å². The first-order chi connectivity index (χ1) is 14.0. The third kappa shape index (κ3) is 3.04. The molecule has 0 spiro atoms. The standard InChI is InChI=1S/C23H22N4OS/c1-12(2)14-4-6-17(24-11-14)18-7-5-15-16(27-18)8-9-19-20(15)21-22(29-19)23(28)26-13(3)10-25-21/h4-9,11-13,25H,10H2,1-3H3,(H,26,28)/t13-/m1/s1. The number of thiophene rings is 1. The van der Waals surface area contributed by atoms with Crippen LogP contribution in [0.4, 0.5) is 5.69 Å². The predicted octanol–water partition coefficient (Wildman–Crippen LogP) is 5.18. The molecule has 146 valence electrons. The number of benzene rings is 1. The maximum atomic E-state index is 12.6. The number of nitrogens with zero attached hydrogens (tertiary/aromatic N) is 2. The van der Waals surface area contributed by atoms with Crippen molar-refractivity contribution in [3.63, 3.8) is 0 Å². The molecule has 4 heterocycles. The van der Waals surface area contributed by atoms with Crippen molar-refractivity contribution < 1.29 is 4.79 Å². The van der Waals surface area contributed by atoms with Gasteiger partial charge in [-0.1, -0.05) is 19.9 Å². The fourth-order valence-electron chi connectivity index (χ4n) is 3.77. The molecule has 6 heteroatoms. The fraction of sp³-hybridized carbons (Fsp3) is 0.261. The largest absolute Gasteiger partial charge is 0.381 e. The number of amides is 1. The summed E-state index contributed by atoms with van der Waals surface area (Å²) in [4.78, 5) is 22.8. The number of rotatable bonds is 2. The highest BCUT2D eigenvalue weighted by atomic mass is 32.1. The third-order valence-electron chi connectivity index (χ3n) is 5.41. The number of nitrogens with one attached hydrogen (secondary N) is 2. The summed E-state index contributed by atoms with van der Waals surface area (Å²) in [5.41, 5.74) is 4.77. The second-order valence-electron chi connectivity index (χ2n) is 7.89. The molecule has 5 rings (SSSR count). The Bertz CT molecular complexity index is 1240. The zero-order valence-electron chi connectivity index (χ0n) is 16.6. The Morgan fingerprint density at radius 2 is 1.93 bits per heavy atom. The number of hydrogen-bond acceptors (Lipinski definition) is 5. The van der Waals surface area contributed by atoms with Crippen LogP contribution < -0.4 is 10.6 Å². The molecule has 1 aliphatic heterocycles. The van der Waals surface area contributed by atoms with Gasteiger partial charge in [0.2, 0.25) is 0 Å². The van der Waals surface area contributed by atoms with Gasteiger partial charge in [-0.2, -0.15) is 0 Å². The van der Waals surface area contributed by atoms with Crippen LogP contribution in [0.5, 0.6) is 0 Å². The molecule has 0 aliphatic carbocycles. The molecule has 4 aromatic rings. The van der Waals surface area contributed by atoms with Crippen molar-refractivity contribution in [2.75, 3.05) is 11.9 Å². The van der Waals surface area contributed by atoms with Crippen molar-refractivity contribution in [1.29, 1.82) is 0 Å². The maximum absolute atomic E-state index is 12.6. The molecule has 5 nitrogen and oxygen atoms in total. The summed E-state index contributed by atoms with van der Waals surface area (Å²) in [6.07, 6.45) is 1.93. The molecule has 1 atom stereocenters. The Kier molecular flexibility index (Phi) is 4.24. The molecule has 0 saturated carbocycles. The molecule has 29 heavy (non-hydrogen) atoms. The summed E-state index contributed by atoms with van der Waals surface area (Å²) in [6, 6.07) is 12.4. The highest BCUT2D eigenvalue weighted by molar-refractivity contribution is 7.21. The number of carbonyl (C=O) groups excluding carboxylic acids is 1. The SMILES string of the molecule is CC(C)c1ccc(-c2ccc3c(ccc4sc5c(c43)NC[C@@H](C)NC5=O)n2)nc1. The van der Waals surface area contributed by atoms with E-state index in [0.717, 1.165) is 42.9 Å². The second kappa shape index (κ2) is 6.81. The van der Waals surface area contributed by atoms with E-state index in [1.807, 2.05) is 31.3 Å². The van der Waals surface area contributed by atoms with E-state index in [4.69, 9.17) is 4.98 Å². The van der Waals surface area contributed by atoms with Gasteiger partial charge in [-0.25, -0.2) is 4.98 Å². The Hall–Kier alpha value is -2.99. The van der Waals surface area contributed by atoms with E-state index in [1.54, 1.807) is 0 Å². The summed E-state index contributed by atoms with van der Waals surface area (Å²) in [6.45, 7) is 7.04. The van der Waals surface area contributed by atoms with Crippen molar-refractivity contribution in [2.24, 2.45) is 0 Å². The molecule has 1 aromatic carbocycles. The highest BCUT2D eigenvalue weighted by Crippen LogP contribution is 2.41. The van der Waals surface area contributed by atoms with Gasteiger partial charge >= 0.3 is 0 Å². The summed E-state index contributed by atoms with van der Waals surface area (Å²) in [7, 11) is 0. The summed E-state index contributed by atoms with van der Waals surface area (Å²) in [5, 5.41) is 8.64. The van der Waals surface area contributed by atoms with E-state index >= 15 is 0 Å². The lowest BCUT2D eigenvalue weighted by Gasteiger charge is -2.10. The minimum atomic E-state index is -0.00845. The molecular formula is C23H22N4OS. The lowest BCUT2D eigenvalue weighted by Crippen LogP contribution is -2.34. The first-order valence-corrected chi connectivity index (χ1v) is 10.7. The van der Waals surface area contributed by atoms with Crippen LogP contribution in [0.3, 0.4) is 0 Å². The Labute approximate surface area is 173 Å². The number of fused-ring (bicyclic) bond motifs is 5. The topological polar surface area (TPSA) is 66.9 Å². The summed E-state index contributed by atoms with van der Waals surface area (Å²) < 4.78 is 1.09. The lowest BCUT2D eigenvalue weighted by atomic mass is 10.0. The van der Waals surface area contributed by atoms with Crippen LogP contribution in [-0.2, 0) is 0 Å². The van der Waals surface area contributed by atoms with Crippen LogP contribution in [0.15, 0.2) is 42.6 Å². The molecule has 0 unspecified atom stereocenters. The molecule has 1 aliphatic rings. The van der Waals surface area contributed by atoms with Crippen LogP contribution >= 0.6 is 11.3 Å². The van der Waals surface area contributed by atoms with Crippen molar-refractivity contribution in [1.82, 2.24) is 15.3 Å². The molecule has 0 bridgehead atoms. The predicted molar refractivity (Wildman–Crippen MR) is 120 cm³/mol. The molecule has 2 N–H and O–H groups in total. The summed E-state index contributed by atoms with van der Waals surface area (Å²) >= 11 is 1.53. The van der Waals surface area contributed by atoms with E-state index in [0.29, 0.717) is 12.5 Å². The maximum Gasteiger partial charge on any atom is 0.263 e. The normalized spacial score (nSPS) is 16.6. The van der Waals surface area contributed by atoms with Crippen LogP contribution in [0.2, 0.25) is 0 Å². The molecular weight excluding hydrogens is 380 g/mol. The van der Waals surface area contributed by atoms with Crippen LogP contribution in [0, 0.1) is 0 Å². The third-order valence-corrected chi connectivity index (χ3v) is 6.56. The fourth-order valence-corrected chi connectivity index (χ4v) is 4.86. The van der Waals surface area contributed by atoms with Crippen LogP contribution in [0.25, 0.3) is 32.4 Å². The van der Waals surface area contributed by atoms with Gasteiger partial charge in [0, 0.05) is 34.3 Å². The van der Waals surface area contributed by atoms with Gasteiger partial charge in [0.1, 0.15) is 4.88 Å². The Morgan fingerprint density at radius 1 is 1.10 bits per heavy atom. The average Bonchev–Trinajstić information content (AvgIpc) is 3.04. The number of pyridine rings is 2. The highest BCUT2D eigenvalue weighted by Gasteiger charge is 2.24. The number of aromatic nitrogens is 2. The monoisotopic (exact) mass is 402 g/mol. The molecule has 0 fully saturated rings. The molecule has 1 amide bonds. The first kappa shape index (κ1) is 18.1. The van der Waals surface area contributed by atoms with Crippen molar-refractivity contribution in [2.45, 2.75) is 32.7 Å². The van der Waals surface area contributed by atoms with Gasteiger partial charge in [-0.15, -0.1) is 11.3 Å². The van der Waals surface area contributed by atoms with Gasteiger partial charge in [0.15, 0.2) is 0 Å².